The molecule has 4 rings (SSSR count). The number of thioether (sulfide) groups is 1. The van der Waals surface area contributed by atoms with E-state index in [4.69, 9.17) is 4.74 Å². The number of aromatic amines is 1. The summed E-state index contributed by atoms with van der Waals surface area (Å²) < 4.78 is 7.32. The number of ether oxygens (including phenoxy) is 1. The Balaban J connectivity index is 1.66. The lowest BCUT2D eigenvalue weighted by Crippen LogP contribution is -1.88. The maximum atomic E-state index is 5.26. The van der Waals surface area contributed by atoms with E-state index < -0.39 is 0 Å². The Hall–Kier alpha value is -2.47. The van der Waals surface area contributed by atoms with Gasteiger partial charge in [0.15, 0.2) is 5.16 Å². The van der Waals surface area contributed by atoms with Gasteiger partial charge in [0.2, 0.25) is 5.78 Å². The second-order valence-electron chi connectivity index (χ2n) is 4.91. The van der Waals surface area contributed by atoms with Gasteiger partial charge in [-0.1, -0.05) is 36.0 Å². The van der Waals surface area contributed by atoms with E-state index in [2.05, 4.69) is 31.7 Å². The van der Waals surface area contributed by atoms with Crippen molar-refractivity contribution >= 4 is 28.6 Å². The van der Waals surface area contributed by atoms with Gasteiger partial charge in [-0.05, 0) is 29.8 Å². The highest BCUT2D eigenvalue weighted by molar-refractivity contribution is 7.98. The summed E-state index contributed by atoms with van der Waals surface area (Å²) in [6, 6.07) is 16.2. The van der Waals surface area contributed by atoms with Crippen molar-refractivity contribution in [2.24, 2.45) is 0 Å². The number of H-pyrrole nitrogens is 1. The van der Waals surface area contributed by atoms with Crippen LogP contribution in [0.1, 0.15) is 5.56 Å². The van der Waals surface area contributed by atoms with Crippen LogP contribution in [0.2, 0.25) is 0 Å². The Labute approximate surface area is 131 Å². The first-order valence-electron chi connectivity index (χ1n) is 6.92. The van der Waals surface area contributed by atoms with Crippen LogP contribution in [0.15, 0.2) is 53.7 Å². The minimum atomic E-state index is 0.773. The molecular weight excluding hydrogens is 296 g/mol. The monoisotopic (exact) mass is 310 g/mol. The molecule has 0 fully saturated rings. The third kappa shape index (κ3) is 2.21. The Morgan fingerprint density at radius 2 is 2.09 bits per heavy atom. The molecule has 22 heavy (non-hydrogen) atoms. The summed E-state index contributed by atoms with van der Waals surface area (Å²) in [6.45, 7) is 0. The van der Waals surface area contributed by atoms with E-state index in [1.54, 1.807) is 18.9 Å². The smallest absolute Gasteiger partial charge is 0.231 e. The Morgan fingerprint density at radius 1 is 1.18 bits per heavy atom. The standard InChI is InChI=1S/C16H14N4OS/c1-21-12-6-4-5-11(9-12)10-22-16-19-18-15-17-13-7-2-3-8-14(13)20(15)16/h2-9H,10H2,1H3,(H,17,18). The van der Waals surface area contributed by atoms with Crippen LogP contribution in [0.5, 0.6) is 5.75 Å². The fourth-order valence-electron chi connectivity index (χ4n) is 2.45. The van der Waals surface area contributed by atoms with Crippen molar-refractivity contribution in [3.8, 4) is 5.75 Å². The summed E-state index contributed by atoms with van der Waals surface area (Å²) in [5.74, 6) is 2.47. The average molecular weight is 310 g/mol. The number of fused-ring (bicyclic) bond motifs is 3. The number of hydrogen-bond donors (Lipinski definition) is 1. The van der Waals surface area contributed by atoms with Crippen LogP contribution in [0.25, 0.3) is 16.8 Å². The minimum Gasteiger partial charge on any atom is -0.497 e. The highest BCUT2D eigenvalue weighted by Gasteiger charge is 2.11. The third-order valence-electron chi connectivity index (χ3n) is 3.51. The van der Waals surface area contributed by atoms with Gasteiger partial charge < -0.3 is 4.74 Å². The van der Waals surface area contributed by atoms with Crippen molar-refractivity contribution in [2.45, 2.75) is 10.9 Å². The van der Waals surface area contributed by atoms with Crippen LogP contribution < -0.4 is 4.74 Å². The molecule has 0 atom stereocenters. The van der Waals surface area contributed by atoms with E-state index in [1.807, 2.05) is 36.4 Å². The number of benzene rings is 2. The SMILES string of the molecule is COc1cccc(CSc2n[nH]c3nc4ccccc4n23)c1. The number of nitrogens with one attached hydrogen (secondary N) is 1. The third-order valence-corrected chi connectivity index (χ3v) is 4.52. The molecule has 2 aromatic carbocycles. The lowest BCUT2D eigenvalue weighted by molar-refractivity contribution is 0.414. The molecule has 0 bridgehead atoms. The molecule has 5 nitrogen and oxygen atoms in total. The average Bonchev–Trinajstić information content (AvgIpc) is 3.12. The zero-order valence-electron chi connectivity index (χ0n) is 12.0. The molecule has 0 spiro atoms. The van der Waals surface area contributed by atoms with E-state index >= 15 is 0 Å². The van der Waals surface area contributed by atoms with Crippen molar-refractivity contribution in [1.82, 2.24) is 19.6 Å². The molecule has 0 amide bonds. The van der Waals surface area contributed by atoms with Crippen molar-refractivity contribution in [2.75, 3.05) is 7.11 Å². The minimum absolute atomic E-state index is 0.773. The van der Waals surface area contributed by atoms with Crippen LogP contribution in [0.4, 0.5) is 0 Å². The first-order valence-corrected chi connectivity index (χ1v) is 7.91. The largest absolute Gasteiger partial charge is 0.497 e. The Morgan fingerprint density at radius 3 is 3.00 bits per heavy atom. The van der Waals surface area contributed by atoms with Crippen molar-refractivity contribution < 1.29 is 4.74 Å². The highest BCUT2D eigenvalue weighted by Crippen LogP contribution is 2.26. The molecule has 2 aromatic heterocycles. The summed E-state index contributed by atoms with van der Waals surface area (Å²) in [5, 5.41) is 8.27. The summed E-state index contributed by atoms with van der Waals surface area (Å²) in [5.41, 5.74) is 3.24. The molecule has 4 aromatic rings. The summed E-state index contributed by atoms with van der Waals surface area (Å²) in [6.07, 6.45) is 0. The second kappa shape index (κ2) is 5.38. The maximum Gasteiger partial charge on any atom is 0.231 e. The molecule has 6 heteroatoms. The first kappa shape index (κ1) is 13.2. The van der Waals surface area contributed by atoms with E-state index in [9.17, 15) is 0 Å². The van der Waals surface area contributed by atoms with Gasteiger partial charge in [-0.3, -0.25) is 4.40 Å². The normalized spacial score (nSPS) is 11.3. The van der Waals surface area contributed by atoms with Gasteiger partial charge in [0.1, 0.15) is 5.75 Å². The molecule has 0 aliphatic carbocycles. The zero-order chi connectivity index (χ0) is 14.9. The van der Waals surface area contributed by atoms with Crippen molar-refractivity contribution in [3.63, 3.8) is 0 Å². The molecule has 0 aliphatic heterocycles. The van der Waals surface area contributed by atoms with Crippen LogP contribution in [-0.2, 0) is 5.75 Å². The Bertz CT molecular complexity index is 944. The van der Waals surface area contributed by atoms with E-state index in [1.165, 1.54) is 5.56 Å². The van der Waals surface area contributed by atoms with Gasteiger partial charge in [-0.15, -0.1) is 5.10 Å². The van der Waals surface area contributed by atoms with Gasteiger partial charge in [0.25, 0.3) is 0 Å². The number of aromatic nitrogens is 4. The fraction of sp³-hybridized carbons (Fsp3) is 0.125. The van der Waals surface area contributed by atoms with Gasteiger partial charge in [-0.25, -0.2) is 10.1 Å². The maximum absolute atomic E-state index is 5.26. The number of imidazole rings is 1. The molecule has 0 unspecified atom stereocenters. The predicted octanol–water partition coefficient (Wildman–Crippen LogP) is 3.51. The summed E-state index contributed by atoms with van der Waals surface area (Å²) in [4.78, 5) is 4.53. The van der Waals surface area contributed by atoms with Crippen molar-refractivity contribution in [3.05, 3.63) is 54.1 Å². The fourth-order valence-corrected chi connectivity index (χ4v) is 3.35. The lowest BCUT2D eigenvalue weighted by atomic mass is 10.2. The summed E-state index contributed by atoms with van der Waals surface area (Å²) >= 11 is 1.67. The number of hydrogen-bond acceptors (Lipinski definition) is 4. The lowest BCUT2D eigenvalue weighted by Gasteiger charge is -2.03. The van der Waals surface area contributed by atoms with E-state index in [0.717, 1.165) is 33.5 Å². The molecule has 110 valence electrons. The van der Waals surface area contributed by atoms with Crippen LogP contribution in [0, 0.1) is 0 Å². The van der Waals surface area contributed by atoms with Gasteiger partial charge in [0, 0.05) is 5.75 Å². The molecule has 0 saturated heterocycles. The topological polar surface area (TPSA) is 55.2 Å². The quantitative estimate of drug-likeness (QED) is 0.586. The zero-order valence-corrected chi connectivity index (χ0v) is 12.8. The molecule has 1 N–H and O–H groups in total. The second-order valence-corrected chi connectivity index (χ2v) is 5.85. The Kier molecular flexibility index (Phi) is 3.23. The molecule has 0 radical (unpaired) electrons. The molecule has 0 aliphatic rings. The van der Waals surface area contributed by atoms with Gasteiger partial charge >= 0.3 is 0 Å². The number of rotatable bonds is 4. The molecular formula is C16H14N4OS. The predicted molar refractivity (Wildman–Crippen MR) is 87.4 cm³/mol. The first-order chi connectivity index (χ1) is 10.8. The number of nitrogens with zero attached hydrogens (tertiary/aromatic N) is 3. The van der Waals surface area contributed by atoms with Gasteiger partial charge in [0.05, 0.1) is 18.1 Å². The summed E-state index contributed by atoms with van der Waals surface area (Å²) in [7, 11) is 1.68. The van der Waals surface area contributed by atoms with Crippen LogP contribution >= 0.6 is 11.8 Å². The molecule has 2 heterocycles. The van der Waals surface area contributed by atoms with Crippen LogP contribution in [-0.4, -0.2) is 26.7 Å². The van der Waals surface area contributed by atoms with Crippen molar-refractivity contribution in [1.29, 1.82) is 0 Å². The highest BCUT2D eigenvalue weighted by atomic mass is 32.2. The number of methoxy groups -OCH3 is 1. The van der Waals surface area contributed by atoms with E-state index in [-0.39, 0.29) is 0 Å². The van der Waals surface area contributed by atoms with E-state index in [0.29, 0.717) is 0 Å². The van der Waals surface area contributed by atoms with Crippen LogP contribution in [0.3, 0.4) is 0 Å². The molecule has 0 saturated carbocycles. The number of para-hydroxylation sites is 2. The van der Waals surface area contributed by atoms with Gasteiger partial charge in [-0.2, -0.15) is 0 Å².